The van der Waals surface area contributed by atoms with Crippen molar-refractivity contribution in [3.05, 3.63) is 88.8 Å². The van der Waals surface area contributed by atoms with E-state index in [2.05, 4.69) is 0 Å². The highest BCUT2D eigenvalue weighted by atomic mass is 14.9. The van der Waals surface area contributed by atoms with Gasteiger partial charge in [0, 0.05) is 37.3 Å². The Kier molecular flexibility index (Phi) is 10.7. The van der Waals surface area contributed by atoms with Crippen LogP contribution < -0.4 is 0 Å². The molecule has 3 aromatic rings. The molecule has 1 aliphatic heterocycles. The van der Waals surface area contributed by atoms with Gasteiger partial charge >= 0.3 is 0 Å². The van der Waals surface area contributed by atoms with Crippen LogP contribution in [0.15, 0.2) is 84.6 Å². The second-order valence-corrected chi connectivity index (χ2v) is 13.4. The van der Waals surface area contributed by atoms with E-state index in [-0.39, 0.29) is 36.3 Å². The van der Waals surface area contributed by atoms with E-state index in [1.54, 1.807) is 0 Å². The van der Waals surface area contributed by atoms with Crippen LogP contribution in [0.3, 0.4) is 0 Å². The zero-order valence-electron chi connectivity index (χ0n) is 27.6. The summed E-state index contributed by atoms with van der Waals surface area (Å²) in [7, 11) is 0. The first kappa shape index (κ1) is 32.0. The third-order valence-electron chi connectivity index (χ3n) is 9.85. The topological polar surface area (TPSA) is 113 Å². The van der Waals surface area contributed by atoms with Gasteiger partial charge in [0.15, 0.2) is 0 Å². The molecular formula is C39H45N9. The van der Waals surface area contributed by atoms with Crippen molar-refractivity contribution in [1.82, 2.24) is 15.0 Å². The zero-order valence-corrected chi connectivity index (χ0v) is 27.6. The molecule has 0 saturated heterocycles. The number of fused-ring (bicyclic) bond motifs is 9. The second kappa shape index (κ2) is 16.0. The summed E-state index contributed by atoms with van der Waals surface area (Å²) in [5.41, 5.74) is 5.03. The van der Waals surface area contributed by atoms with Gasteiger partial charge in [-0.25, -0.2) is 15.0 Å². The van der Waals surface area contributed by atoms with Crippen LogP contribution in [0.2, 0.25) is 0 Å². The lowest BCUT2D eigenvalue weighted by Gasteiger charge is -2.25. The van der Waals surface area contributed by atoms with E-state index in [4.69, 9.17) is 44.9 Å². The predicted molar refractivity (Wildman–Crippen MR) is 196 cm³/mol. The summed E-state index contributed by atoms with van der Waals surface area (Å²) < 4.78 is 0. The summed E-state index contributed by atoms with van der Waals surface area (Å²) in [4.78, 5) is 44.5. The maximum absolute atomic E-state index is 5.00. The number of rotatable bonds is 0. The first-order valence-corrected chi connectivity index (χ1v) is 17.9. The standard InChI is InChI=1S/C39H45N9/c1-2-17-35-34(16-1)40-22-28-10-7-12-30(46-28)24-42-36-18-3-4-19-37(36)44-26-32-14-9-15-33(48-32)27-45-39-21-6-5-20-38(39)43-25-31-13-8-11-29(47-31)23-41-35/h7-15,22-27,34-39H,1-6,16-21H2/t34-,35-,36-,37-,38-,39-/m1/s1. The van der Waals surface area contributed by atoms with Crippen molar-refractivity contribution in [1.29, 1.82) is 0 Å². The van der Waals surface area contributed by atoms with Gasteiger partial charge in [-0.3, -0.25) is 30.0 Å². The van der Waals surface area contributed by atoms with Crippen LogP contribution in [-0.4, -0.2) is 88.5 Å². The Labute approximate surface area is 283 Å². The van der Waals surface area contributed by atoms with Crippen LogP contribution in [0.4, 0.5) is 0 Å². The Morgan fingerprint density at radius 1 is 0.292 bits per heavy atom. The highest BCUT2D eigenvalue weighted by molar-refractivity contribution is 5.84. The summed E-state index contributed by atoms with van der Waals surface area (Å²) in [5.74, 6) is 0. The minimum Gasteiger partial charge on any atom is -0.285 e. The SMILES string of the molecule is C1=N[C@@H]2CCCC[C@H]2N=Cc2cccc(n2)C=N[C@@H]2CCCC[C@H]2N=Cc2cccc(n2)C=N[C@@H]2CCCC[C@H]2N=Cc2cccc1n2. The Balaban J connectivity index is 1.20. The number of aromatic nitrogens is 3. The van der Waals surface area contributed by atoms with Crippen molar-refractivity contribution in [3.8, 4) is 0 Å². The molecule has 3 aliphatic carbocycles. The normalized spacial score (nSPS) is 27.8. The second-order valence-electron chi connectivity index (χ2n) is 13.4. The van der Waals surface area contributed by atoms with E-state index in [1.165, 1.54) is 0 Å². The Bertz CT molecular complexity index is 1400. The molecular weight excluding hydrogens is 594 g/mol. The van der Waals surface area contributed by atoms with Gasteiger partial charge in [0.2, 0.25) is 0 Å². The van der Waals surface area contributed by atoms with Gasteiger partial charge in [-0.2, -0.15) is 0 Å². The van der Waals surface area contributed by atoms with Gasteiger partial charge in [0.1, 0.15) is 0 Å². The molecule has 9 heteroatoms. The highest BCUT2D eigenvalue weighted by Gasteiger charge is 2.25. The summed E-state index contributed by atoms with van der Waals surface area (Å²) in [6.07, 6.45) is 24.6. The highest BCUT2D eigenvalue weighted by Crippen LogP contribution is 2.26. The van der Waals surface area contributed by atoms with Gasteiger partial charge in [-0.15, -0.1) is 0 Å². The number of aliphatic imine (C=N–C) groups is 6. The van der Waals surface area contributed by atoms with Crippen LogP contribution in [0.25, 0.3) is 0 Å². The summed E-state index contributed by atoms with van der Waals surface area (Å²) in [6.45, 7) is 0. The first-order chi connectivity index (χ1) is 23.7. The van der Waals surface area contributed by atoms with Crippen molar-refractivity contribution in [2.24, 2.45) is 30.0 Å². The zero-order chi connectivity index (χ0) is 32.4. The minimum atomic E-state index is 0.126. The van der Waals surface area contributed by atoms with E-state index in [0.29, 0.717) is 0 Å². The molecule has 0 N–H and O–H groups in total. The van der Waals surface area contributed by atoms with Crippen LogP contribution in [0.5, 0.6) is 0 Å². The molecule has 3 aromatic heterocycles. The number of pyridine rings is 3. The first-order valence-electron chi connectivity index (χ1n) is 17.9. The molecule has 3 saturated carbocycles. The van der Waals surface area contributed by atoms with Gasteiger partial charge in [0.05, 0.1) is 70.4 Å². The lowest BCUT2D eigenvalue weighted by atomic mass is 9.91. The molecule has 0 spiro atoms. The van der Waals surface area contributed by atoms with Gasteiger partial charge in [0.25, 0.3) is 0 Å². The molecule has 48 heavy (non-hydrogen) atoms. The van der Waals surface area contributed by atoms with Crippen LogP contribution in [0.1, 0.15) is 111 Å². The molecule has 6 atom stereocenters. The van der Waals surface area contributed by atoms with E-state index in [9.17, 15) is 0 Å². The number of hydrogen-bond donors (Lipinski definition) is 0. The molecule has 6 bridgehead atoms. The molecule has 3 fully saturated rings. The van der Waals surface area contributed by atoms with Crippen LogP contribution in [0, 0.1) is 0 Å². The van der Waals surface area contributed by atoms with E-state index < -0.39 is 0 Å². The molecule has 0 radical (unpaired) electrons. The van der Waals surface area contributed by atoms with Crippen LogP contribution >= 0.6 is 0 Å². The maximum Gasteiger partial charge on any atom is 0.0815 e. The summed E-state index contributed by atoms with van der Waals surface area (Å²) in [5, 5.41) is 0. The third kappa shape index (κ3) is 8.68. The molecule has 246 valence electrons. The predicted octanol–water partition coefficient (Wildman–Crippen LogP) is 6.73. The molecule has 0 aromatic carbocycles. The Morgan fingerprint density at radius 3 is 0.667 bits per heavy atom. The van der Waals surface area contributed by atoms with Gasteiger partial charge in [-0.05, 0) is 74.9 Å². The minimum absolute atomic E-state index is 0.126. The number of nitrogens with zero attached hydrogens (tertiary/aromatic N) is 9. The van der Waals surface area contributed by atoms with E-state index in [1.807, 2.05) is 91.9 Å². The summed E-state index contributed by atoms with van der Waals surface area (Å²) in [6, 6.07) is 18.9. The van der Waals surface area contributed by atoms with Gasteiger partial charge < -0.3 is 0 Å². The third-order valence-corrected chi connectivity index (χ3v) is 9.85. The van der Waals surface area contributed by atoms with Crippen molar-refractivity contribution >= 4 is 37.3 Å². The average molecular weight is 640 g/mol. The maximum atomic E-state index is 5.00. The molecule has 0 unspecified atom stereocenters. The molecule has 4 heterocycles. The summed E-state index contributed by atoms with van der Waals surface area (Å²) >= 11 is 0. The molecule has 0 amide bonds. The van der Waals surface area contributed by atoms with Crippen LogP contribution in [-0.2, 0) is 0 Å². The fourth-order valence-electron chi connectivity index (χ4n) is 7.19. The van der Waals surface area contributed by atoms with E-state index in [0.717, 1.165) is 111 Å². The van der Waals surface area contributed by atoms with Crippen molar-refractivity contribution < 1.29 is 0 Å². The number of hydrogen-bond acceptors (Lipinski definition) is 9. The van der Waals surface area contributed by atoms with Crippen molar-refractivity contribution in [2.75, 3.05) is 0 Å². The average Bonchev–Trinajstić information content (AvgIpc) is 3.14. The monoisotopic (exact) mass is 639 g/mol. The lowest BCUT2D eigenvalue weighted by Crippen LogP contribution is -2.27. The molecule has 9 nitrogen and oxygen atoms in total. The lowest BCUT2D eigenvalue weighted by molar-refractivity contribution is 0.390. The molecule has 4 aliphatic rings. The van der Waals surface area contributed by atoms with Crippen molar-refractivity contribution in [2.45, 2.75) is 113 Å². The Morgan fingerprint density at radius 2 is 0.479 bits per heavy atom. The quantitative estimate of drug-likeness (QED) is 0.272. The van der Waals surface area contributed by atoms with E-state index >= 15 is 0 Å². The smallest absolute Gasteiger partial charge is 0.0815 e. The Hall–Kier alpha value is -4.53. The van der Waals surface area contributed by atoms with Crippen molar-refractivity contribution in [3.63, 3.8) is 0 Å². The fraction of sp³-hybridized carbons (Fsp3) is 0.462. The largest absolute Gasteiger partial charge is 0.285 e. The van der Waals surface area contributed by atoms with Gasteiger partial charge in [-0.1, -0.05) is 56.7 Å². The molecule has 7 rings (SSSR count). The fourth-order valence-corrected chi connectivity index (χ4v) is 7.19.